The minimum Gasteiger partial charge on any atom is -0.376 e. The summed E-state index contributed by atoms with van der Waals surface area (Å²) < 4.78 is 52.6. The lowest BCUT2D eigenvalue weighted by Gasteiger charge is -2.16. The molecular weight excluding hydrogens is 258 g/mol. The Balaban J connectivity index is 2.26. The Morgan fingerprint density at radius 3 is 2.37 bits per heavy atom. The predicted molar refractivity (Wildman–Crippen MR) is 64.8 cm³/mol. The van der Waals surface area contributed by atoms with Gasteiger partial charge in [-0.15, -0.1) is 0 Å². The van der Waals surface area contributed by atoms with E-state index in [1.807, 2.05) is 0 Å². The SMILES string of the molecule is CC(Nc1cc(F)cc(F)c1F)c1cccc(F)c1. The highest BCUT2D eigenvalue weighted by Gasteiger charge is 2.14. The van der Waals surface area contributed by atoms with Gasteiger partial charge in [0.2, 0.25) is 0 Å². The maximum Gasteiger partial charge on any atom is 0.182 e. The van der Waals surface area contributed by atoms with E-state index in [1.54, 1.807) is 13.0 Å². The summed E-state index contributed by atoms with van der Waals surface area (Å²) in [5.41, 5.74) is 0.248. The Hall–Kier alpha value is -2.04. The van der Waals surface area contributed by atoms with E-state index in [9.17, 15) is 17.6 Å². The Kier molecular flexibility index (Phi) is 3.74. The van der Waals surface area contributed by atoms with Gasteiger partial charge in [0.05, 0.1) is 5.69 Å². The van der Waals surface area contributed by atoms with Crippen LogP contribution >= 0.6 is 0 Å². The topological polar surface area (TPSA) is 12.0 Å². The lowest BCUT2D eigenvalue weighted by atomic mass is 10.1. The zero-order valence-corrected chi connectivity index (χ0v) is 10.1. The molecule has 0 saturated carbocycles. The largest absolute Gasteiger partial charge is 0.376 e. The number of hydrogen-bond donors (Lipinski definition) is 1. The van der Waals surface area contributed by atoms with E-state index in [0.717, 1.165) is 6.07 Å². The van der Waals surface area contributed by atoms with E-state index in [2.05, 4.69) is 5.32 Å². The van der Waals surface area contributed by atoms with Crippen LogP contribution in [0.25, 0.3) is 0 Å². The van der Waals surface area contributed by atoms with Gasteiger partial charge >= 0.3 is 0 Å². The lowest BCUT2D eigenvalue weighted by Crippen LogP contribution is -2.09. The first kappa shape index (κ1) is 13.4. The molecule has 0 spiro atoms. The average Bonchev–Trinajstić information content (AvgIpc) is 2.35. The molecule has 0 heterocycles. The summed E-state index contributed by atoms with van der Waals surface area (Å²) in [4.78, 5) is 0. The first-order valence-electron chi connectivity index (χ1n) is 5.64. The second kappa shape index (κ2) is 5.30. The van der Waals surface area contributed by atoms with Crippen LogP contribution in [0.2, 0.25) is 0 Å². The third-order valence-corrected chi connectivity index (χ3v) is 2.71. The fourth-order valence-electron chi connectivity index (χ4n) is 1.75. The van der Waals surface area contributed by atoms with Gasteiger partial charge in [0.1, 0.15) is 11.6 Å². The Morgan fingerprint density at radius 1 is 0.947 bits per heavy atom. The molecule has 0 aliphatic carbocycles. The minimum absolute atomic E-state index is 0.297. The molecule has 1 atom stereocenters. The van der Waals surface area contributed by atoms with Crippen molar-refractivity contribution >= 4 is 5.69 Å². The van der Waals surface area contributed by atoms with Gasteiger partial charge in [0, 0.05) is 18.2 Å². The zero-order chi connectivity index (χ0) is 14.0. The van der Waals surface area contributed by atoms with E-state index < -0.39 is 29.3 Å². The van der Waals surface area contributed by atoms with Gasteiger partial charge in [-0.05, 0) is 24.6 Å². The third-order valence-electron chi connectivity index (χ3n) is 2.71. The highest BCUT2D eigenvalue weighted by atomic mass is 19.2. The van der Waals surface area contributed by atoms with Crippen LogP contribution in [-0.2, 0) is 0 Å². The molecule has 2 aromatic carbocycles. The van der Waals surface area contributed by atoms with Gasteiger partial charge in [-0.25, -0.2) is 17.6 Å². The minimum atomic E-state index is -1.27. The van der Waals surface area contributed by atoms with Crippen molar-refractivity contribution in [1.82, 2.24) is 0 Å². The maximum atomic E-state index is 13.5. The number of hydrogen-bond acceptors (Lipinski definition) is 1. The van der Waals surface area contributed by atoms with E-state index >= 15 is 0 Å². The molecule has 1 N–H and O–H groups in total. The summed E-state index contributed by atoms with van der Waals surface area (Å²) in [7, 11) is 0. The zero-order valence-electron chi connectivity index (χ0n) is 10.1. The van der Waals surface area contributed by atoms with Crippen LogP contribution in [0, 0.1) is 23.3 Å². The molecule has 0 amide bonds. The van der Waals surface area contributed by atoms with Crippen molar-refractivity contribution < 1.29 is 17.6 Å². The summed E-state index contributed by atoms with van der Waals surface area (Å²) in [5, 5.41) is 2.61. The number of benzene rings is 2. The van der Waals surface area contributed by atoms with Gasteiger partial charge in [0.15, 0.2) is 11.6 Å². The van der Waals surface area contributed by atoms with Gasteiger partial charge in [-0.1, -0.05) is 12.1 Å². The van der Waals surface area contributed by atoms with Crippen LogP contribution < -0.4 is 5.32 Å². The standard InChI is InChI=1S/C14H11F4N/c1-8(9-3-2-4-10(15)5-9)19-13-7-11(16)6-12(17)14(13)18/h2-8,19H,1H3. The van der Waals surface area contributed by atoms with E-state index in [4.69, 9.17) is 0 Å². The monoisotopic (exact) mass is 269 g/mol. The van der Waals surface area contributed by atoms with Crippen molar-refractivity contribution in [3.8, 4) is 0 Å². The highest BCUT2D eigenvalue weighted by Crippen LogP contribution is 2.24. The maximum absolute atomic E-state index is 13.5. The predicted octanol–water partition coefficient (Wildman–Crippen LogP) is 4.42. The first-order chi connectivity index (χ1) is 8.97. The Morgan fingerprint density at radius 2 is 1.68 bits per heavy atom. The summed E-state index contributed by atoms with van der Waals surface area (Å²) in [5.74, 6) is -3.75. The van der Waals surface area contributed by atoms with Crippen molar-refractivity contribution in [2.75, 3.05) is 5.32 Å². The van der Waals surface area contributed by atoms with Crippen LogP contribution in [-0.4, -0.2) is 0 Å². The number of anilines is 1. The fraction of sp³-hybridized carbons (Fsp3) is 0.143. The van der Waals surface area contributed by atoms with E-state index in [1.165, 1.54) is 18.2 Å². The van der Waals surface area contributed by atoms with Gasteiger partial charge in [-0.2, -0.15) is 0 Å². The molecule has 2 aromatic rings. The quantitative estimate of drug-likeness (QED) is 0.642. The van der Waals surface area contributed by atoms with Gasteiger partial charge in [0.25, 0.3) is 0 Å². The second-order valence-corrected chi connectivity index (χ2v) is 4.17. The fourth-order valence-corrected chi connectivity index (χ4v) is 1.75. The molecule has 19 heavy (non-hydrogen) atoms. The number of nitrogens with one attached hydrogen (secondary N) is 1. The van der Waals surface area contributed by atoms with Gasteiger partial charge < -0.3 is 5.32 Å². The van der Waals surface area contributed by atoms with Crippen LogP contribution in [0.15, 0.2) is 36.4 Å². The van der Waals surface area contributed by atoms with Crippen LogP contribution in [0.4, 0.5) is 23.2 Å². The van der Waals surface area contributed by atoms with Crippen molar-refractivity contribution in [1.29, 1.82) is 0 Å². The Labute approximate surface area is 107 Å². The van der Waals surface area contributed by atoms with Gasteiger partial charge in [-0.3, -0.25) is 0 Å². The molecule has 5 heteroatoms. The van der Waals surface area contributed by atoms with Crippen molar-refractivity contribution in [2.24, 2.45) is 0 Å². The van der Waals surface area contributed by atoms with Crippen molar-refractivity contribution in [3.05, 3.63) is 65.2 Å². The molecule has 0 aromatic heterocycles. The molecule has 1 unspecified atom stereocenters. The molecule has 0 radical (unpaired) electrons. The Bertz CT molecular complexity index is 598. The molecular formula is C14H11F4N. The second-order valence-electron chi connectivity index (χ2n) is 4.17. The number of halogens is 4. The first-order valence-corrected chi connectivity index (χ1v) is 5.64. The molecule has 0 saturated heterocycles. The smallest absolute Gasteiger partial charge is 0.182 e. The molecule has 1 nitrogen and oxygen atoms in total. The number of rotatable bonds is 3. The van der Waals surface area contributed by atoms with Crippen LogP contribution in [0.1, 0.15) is 18.5 Å². The van der Waals surface area contributed by atoms with E-state index in [-0.39, 0.29) is 5.69 Å². The highest BCUT2D eigenvalue weighted by molar-refractivity contribution is 5.47. The lowest BCUT2D eigenvalue weighted by molar-refractivity contribution is 0.496. The normalized spacial score (nSPS) is 12.3. The summed E-state index contributed by atoms with van der Waals surface area (Å²) in [6.45, 7) is 1.64. The molecule has 0 aliphatic heterocycles. The van der Waals surface area contributed by atoms with Crippen LogP contribution in [0.5, 0.6) is 0 Å². The van der Waals surface area contributed by atoms with Crippen LogP contribution in [0.3, 0.4) is 0 Å². The average molecular weight is 269 g/mol. The molecule has 100 valence electrons. The summed E-state index contributed by atoms with van der Waals surface area (Å²) in [6, 6.07) is 6.51. The molecule has 2 rings (SSSR count). The third kappa shape index (κ3) is 3.05. The van der Waals surface area contributed by atoms with E-state index in [0.29, 0.717) is 11.6 Å². The summed E-state index contributed by atoms with van der Waals surface area (Å²) in [6.07, 6.45) is 0. The van der Waals surface area contributed by atoms with Crippen molar-refractivity contribution in [2.45, 2.75) is 13.0 Å². The molecule has 0 fully saturated rings. The molecule has 0 bridgehead atoms. The molecule has 0 aliphatic rings. The summed E-state index contributed by atoms with van der Waals surface area (Å²) >= 11 is 0. The van der Waals surface area contributed by atoms with Crippen molar-refractivity contribution in [3.63, 3.8) is 0 Å².